The molecule has 122 valence electrons. The largest absolute Gasteiger partial charge is 0.373 e. The van der Waals surface area contributed by atoms with Crippen LogP contribution in [0.3, 0.4) is 0 Å². The number of morpholine rings is 1. The predicted octanol–water partition coefficient (Wildman–Crippen LogP) is 0.670. The van der Waals surface area contributed by atoms with Gasteiger partial charge in [-0.25, -0.2) is 9.67 Å². The molecule has 3 rings (SSSR count). The van der Waals surface area contributed by atoms with Crippen LogP contribution in [0.15, 0.2) is 36.9 Å². The van der Waals surface area contributed by atoms with Crippen molar-refractivity contribution in [2.45, 2.75) is 6.10 Å². The Hall–Kier alpha value is -2.25. The second kappa shape index (κ2) is 6.89. The lowest BCUT2D eigenvalue weighted by molar-refractivity contribution is -0.0306. The molecule has 1 aliphatic rings. The first-order valence-electron chi connectivity index (χ1n) is 7.64. The zero-order valence-electron chi connectivity index (χ0n) is 13.4. The Labute approximate surface area is 135 Å². The topological polar surface area (TPSA) is 63.5 Å². The predicted molar refractivity (Wildman–Crippen MR) is 85.6 cm³/mol. The average Bonchev–Trinajstić information content (AvgIpc) is 3.08. The Morgan fingerprint density at radius 2 is 2.30 bits per heavy atom. The van der Waals surface area contributed by atoms with Crippen LogP contribution in [-0.4, -0.2) is 76.9 Å². The molecule has 1 aromatic heterocycles. The van der Waals surface area contributed by atoms with Gasteiger partial charge in [-0.3, -0.25) is 4.79 Å². The number of hydrogen-bond donors (Lipinski definition) is 0. The molecule has 1 fully saturated rings. The third kappa shape index (κ3) is 3.75. The number of carbonyl (C=O) groups is 1. The van der Waals surface area contributed by atoms with E-state index in [1.807, 2.05) is 43.3 Å². The summed E-state index contributed by atoms with van der Waals surface area (Å²) in [6.07, 6.45) is 3.15. The summed E-state index contributed by atoms with van der Waals surface area (Å²) >= 11 is 0. The number of ether oxygens (including phenoxy) is 1. The van der Waals surface area contributed by atoms with Crippen LogP contribution in [0.1, 0.15) is 10.4 Å². The van der Waals surface area contributed by atoms with Crippen LogP contribution in [0.5, 0.6) is 0 Å². The van der Waals surface area contributed by atoms with Gasteiger partial charge in [-0.1, -0.05) is 6.07 Å². The first-order valence-corrected chi connectivity index (χ1v) is 7.64. The van der Waals surface area contributed by atoms with Crippen LogP contribution in [0.4, 0.5) is 0 Å². The zero-order valence-corrected chi connectivity index (χ0v) is 13.4. The summed E-state index contributed by atoms with van der Waals surface area (Å²) in [5.41, 5.74) is 1.48. The van der Waals surface area contributed by atoms with Crippen molar-refractivity contribution in [3.05, 3.63) is 42.5 Å². The van der Waals surface area contributed by atoms with Crippen LogP contribution in [0, 0.1) is 0 Å². The fourth-order valence-electron chi connectivity index (χ4n) is 2.73. The summed E-state index contributed by atoms with van der Waals surface area (Å²) in [5, 5.41) is 4.10. The Bertz CT molecular complexity index is 656. The van der Waals surface area contributed by atoms with E-state index in [1.165, 1.54) is 6.33 Å². The van der Waals surface area contributed by atoms with E-state index in [0.717, 1.165) is 12.2 Å². The maximum atomic E-state index is 12.8. The van der Waals surface area contributed by atoms with Crippen molar-refractivity contribution in [3.63, 3.8) is 0 Å². The molecule has 0 aliphatic carbocycles. The van der Waals surface area contributed by atoms with Crippen LogP contribution in [0.25, 0.3) is 5.69 Å². The van der Waals surface area contributed by atoms with Gasteiger partial charge in [0.25, 0.3) is 5.91 Å². The maximum Gasteiger partial charge on any atom is 0.254 e. The summed E-state index contributed by atoms with van der Waals surface area (Å²) < 4.78 is 7.37. The SMILES string of the molecule is CN(C)CC1CN(C(=O)c2cccc(-n3cncn3)c2)CCO1. The Morgan fingerprint density at radius 1 is 1.43 bits per heavy atom. The molecule has 1 aliphatic heterocycles. The quantitative estimate of drug-likeness (QED) is 0.830. The first-order chi connectivity index (χ1) is 11.1. The van der Waals surface area contributed by atoms with Gasteiger partial charge in [0.1, 0.15) is 12.7 Å². The van der Waals surface area contributed by atoms with E-state index in [9.17, 15) is 4.79 Å². The van der Waals surface area contributed by atoms with E-state index < -0.39 is 0 Å². The van der Waals surface area contributed by atoms with Gasteiger partial charge in [0.2, 0.25) is 0 Å². The van der Waals surface area contributed by atoms with Crippen molar-refractivity contribution in [3.8, 4) is 5.69 Å². The number of amides is 1. The first kappa shape index (κ1) is 15.6. The second-order valence-electron chi connectivity index (χ2n) is 5.90. The molecule has 7 heteroatoms. The van der Waals surface area contributed by atoms with Crippen LogP contribution in [-0.2, 0) is 4.74 Å². The highest BCUT2D eigenvalue weighted by Gasteiger charge is 2.25. The number of likely N-dealkylation sites (N-methyl/N-ethyl adjacent to an activating group) is 1. The number of carbonyl (C=O) groups excluding carboxylic acids is 1. The lowest BCUT2D eigenvalue weighted by Gasteiger charge is -2.34. The minimum absolute atomic E-state index is 0.0269. The molecule has 1 unspecified atom stereocenters. The maximum absolute atomic E-state index is 12.8. The van der Waals surface area contributed by atoms with E-state index in [0.29, 0.717) is 25.3 Å². The van der Waals surface area contributed by atoms with Gasteiger partial charge in [-0.2, -0.15) is 5.10 Å². The smallest absolute Gasteiger partial charge is 0.254 e. The number of rotatable bonds is 4. The lowest BCUT2D eigenvalue weighted by Crippen LogP contribution is -2.48. The minimum atomic E-state index is 0.0269. The Kier molecular flexibility index (Phi) is 4.68. The van der Waals surface area contributed by atoms with Crippen LogP contribution >= 0.6 is 0 Å². The van der Waals surface area contributed by atoms with Crippen molar-refractivity contribution < 1.29 is 9.53 Å². The van der Waals surface area contributed by atoms with Crippen LogP contribution < -0.4 is 0 Å². The molecule has 0 radical (unpaired) electrons. The number of hydrogen-bond acceptors (Lipinski definition) is 5. The molecule has 2 heterocycles. The highest BCUT2D eigenvalue weighted by Crippen LogP contribution is 2.14. The van der Waals surface area contributed by atoms with E-state index in [-0.39, 0.29) is 12.0 Å². The van der Waals surface area contributed by atoms with Crippen molar-refractivity contribution in [2.75, 3.05) is 40.3 Å². The van der Waals surface area contributed by atoms with Crippen molar-refractivity contribution in [1.82, 2.24) is 24.6 Å². The molecular formula is C16H21N5O2. The monoisotopic (exact) mass is 315 g/mol. The highest BCUT2D eigenvalue weighted by atomic mass is 16.5. The number of benzene rings is 1. The van der Waals surface area contributed by atoms with Gasteiger partial charge in [0, 0.05) is 25.2 Å². The van der Waals surface area contributed by atoms with E-state index in [1.54, 1.807) is 11.0 Å². The van der Waals surface area contributed by atoms with Gasteiger partial charge in [0.05, 0.1) is 18.4 Å². The van der Waals surface area contributed by atoms with Crippen molar-refractivity contribution in [1.29, 1.82) is 0 Å². The number of nitrogens with zero attached hydrogens (tertiary/aromatic N) is 5. The zero-order chi connectivity index (χ0) is 16.2. The molecule has 0 spiro atoms. The summed E-state index contributed by atoms with van der Waals surface area (Å²) in [5.74, 6) is 0.0269. The molecule has 0 N–H and O–H groups in total. The third-order valence-corrected chi connectivity index (χ3v) is 3.77. The average molecular weight is 315 g/mol. The standard InChI is InChI=1S/C16H21N5O2/c1-19(2)9-15-10-20(6-7-23-15)16(22)13-4-3-5-14(8-13)21-12-17-11-18-21/h3-5,8,11-12,15H,6-7,9-10H2,1-2H3. The fourth-order valence-corrected chi connectivity index (χ4v) is 2.73. The molecule has 0 saturated carbocycles. The van der Waals surface area contributed by atoms with Gasteiger partial charge >= 0.3 is 0 Å². The molecule has 7 nitrogen and oxygen atoms in total. The van der Waals surface area contributed by atoms with Gasteiger partial charge in [-0.15, -0.1) is 0 Å². The molecule has 2 aromatic rings. The summed E-state index contributed by atoms with van der Waals surface area (Å²) in [7, 11) is 4.01. The van der Waals surface area contributed by atoms with E-state index >= 15 is 0 Å². The van der Waals surface area contributed by atoms with Crippen LogP contribution in [0.2, 0.25) is 0 Å². The summed E-state index contributed by atoms with van der Waals surface area (Å²) in [6, 6.07) is 7.44. The molecule has 1 aromatic carbocycles. The molecule has 1 atom stereocenters. The van der Waals surface area contributed by atoms with Gasteiger partial charge in [0.15, 0.2) is 0 Å². The number of aromatic nitrogens is 3. The lowest BCUT2D eigenvalue weighted by atomic mass is 10.1. The van der Waals surface area contributed by atoms with Gasteiger partial charge < -0.3 is 14.5 Å². The summed E-state index contributed by atoms with van der Waals surface area (Å²) in [4.78, 5) is 20.6. The van der Waals surface area contributed by atoms with Crippen molar-refractivity contribution >= 4 is 5.91 Å². The van der Waals surface area contributed by atoms with Crippen molar-refractivity contribution in [2.24, 2.45) is 0 Å². The molecular weight excluding hydrogens is 294 g/mol. The molecule has 1 amide bonds. The fraction of sp³-hybridized carbons (Fsp3) is 0.438. The normalized spacial score (nSPS) is 18.4. The Balaban J connectivity index is 1.74. The second-order valence-corrected chi connectivity index (χ2v) is 5.90. The third-order valence-electron chi connectivity index (χ3n) is 3.77. The highest BCUT2D eigenvalue weighted by molar-refractivity contribution is 5.94. The molecule has 1 saturated heterocycles. The molecule has 23 heavy (non-hydrogen) atoms. The molecule has 0 bridgehead atoms. The Morgan fingerprint density at radius 3 is 3.04 bits per heavy atom. The van der Waals surface area contributed by atoms with E-state index in [4.69, 9.17) is 4.74 Å². The minimum Gasteiger partial charge on any atom is -0.373 e. The van der Waals surface area contributed by atoms with E-state index in [2.05, 4.69) is 15.0 Å². The summed E-state index contributed by atoms with van der Waals surface area (Å²) in [6.45, 7) is 2.62. The van der Waals surface area contributed by atoms with Gasteiger partial charge in [-0.05, 0) is 32.3 Å².